The number of ether oxygens (including phenoxy) is 3. The molecule has 0 aromatic rings. The third kappa shape index (κ3) is 3.98. The molecule has 2 saturated carbocycles. The zero-order valence-corrected chi connectivity index (χ0v) is 21.4. The summed E-state index contributed by atoms with van der Waals surface area (Å²) in [5.74, 6) is -0.996. The maximum absolute atomic E-state index is 13.7. The van der Waals surface area contributed by atoms with Gasteiger partial charge in [0.25, 0.3) is 0 Å². The second kappa shape index (κ2) is 8.37. The Labute approximate surface area is 198 Å². The lowest BCUT2D eigenvalue weighted by Crippen LogP contribution is -2.72. The van der Waals surface area contributed by atoms with Crippen LogP contribution >= 0.6 is 0 Å². The third-order valence-electron chi connectivity index (χ3n) is 9.08. The number of hydrogen-bond donors (Lipinski definition) is 0. The molecule has 2 aliphatic carbocycles. The van der Waals surface area contributed by atoms with Crippen molar-refractivity contribution in [2.75, 3.05) is 0 Å². The van der Waals surface area contributed by atoms with Crippen LogP contribution in [-0.4, -0.2) is 41.1 Å². The van der Waals surface area contributed by atoms with Crippen LogP contribution in [0, 0.1) is 22.7 Å². The van der Waals surface area contributed by atoms with Crippen molar-refractivity contribution < 1.29 is 28.6 Å². The molecule has 0 unspecified atom stereocenters. The fraction of sp³-hybridized carbons (Fsp3) is 0.741. The Kier molecular flexibility index (Phi) is 6.51. The summed E-state index contributed by atoms with van der Waals surface area (Å²) in [6.07, 6.45) is 4.68. The van der Waals surface area contributed by atoms with Gasteiger partial charge >= 0.3 is 11.9 Å². The van der Waals surface area contributed by atoms with E-state index in [4.69, 9.17) is 14.2 Å². The van der Waals surface area contributed by atoms with Crippen molar-refractivity contribution in [2.45, 2.75) is 104 Å². The molecule has 0 amide bonds. The number of fused-ring (bicyclic) bond motifs is 3. The molecule has 1 heterocycles. The quantitative estimate of drug-likeness (QED) is 0.335. The van der Waals surface area contributed by atoms with Crippen LogP contribution in [0.25, 0.3) is 0 Å². The van der Waals surface area contributed by atoms with Gasteiger partial charge in [-0.2, -0.15) is 0 Å². The first-order chi connectivity index (χ1) is 15.2. The van der Waals surface area contributed by atoms with E-state index < -0.39 is 34.2 Å². The molecule has 7 atom stereocenters. The summed E-state index contributed by atoms with van der Waals surface area (Å²) in [4.78, 5) is 38.5. The topological polar surface area (TPSA) is 78.9 Å². The van der Waals surface area contributed by atoms with Crippen LogP contribution in [0.15, 0.2) is 24.3 Å². The highest BCUT2D eigenvalue weighted by atomic mass is 16.6. The Bertz CT molecular complexity index is 887. The van der Waals surface area contributed by atoms with Gasteiger partial charge in [-0.05, 0) is 46.5 Å². The first kappa shape index (κ1) is 25.7. The summed E-state index contributed by atoms with van der Waals surface area (Å²) in [6, 6.07) is 0. The number of allylic oxidation sites excluding steroid dienone is 1. The number of esters is 2. The fourth-order valence-corrected chi connectivity index (χ4v) is 6.87. The van der Waals surface area contributed by atoms with E-state index in [9.17, 15) is 14.4 Å². The van der Waals surface area contributed by atoms with Crippen molar-refractivity contribution in [3.8, 4) is 0 Å². The van der Waals surface area contributed by atoms with E-state index in [1.165, 1.54) is 6.92 Å². The number of Topliss-reactive ketones (excluding diaryl/α,β-unsaturated/α-hetero) is 1. The molecule has 0 aromatic carbocycles. The second-order valence-corrected chi connectivity index (χ2v) is 11.4. The lowest BCUT2D eigenvalue weighted by Gasteiger charge is -2.66. The van der Waals surface area contributed by atoms with Gasteiger partial charge in [0, 0.05) is 42.1 Å². The van der Waals surface area contributed by atoms with E-state index in [1.54, 1.807) is 26.0 Å². The lowest BCUT2D eigenvalue weighted by molar-refractivity contribution is -0.273. The van der Waals surface area contributed by atoms with E-state index in [0.29, 0.717) is 12.0 Å². The van der Waals surface area contributed by atoms with E-state index in [0.717, 1.165) is 12.8 Å². The molecular formula is C27H40O6. The van der Waals surface area contributed by atoms with Gasteiger partial charge in [-0.3, -0.25) is 9.59 Å². The monoisotopic (exact) mass is 460 g/mol. The lowest BCUT2D eigenvalue weighted by atomic mass is 9.42. The highest BCUT2D eigenvalue weighted by Crippen LogP contribution is 2.65. The van der Waals surface area contributed by atoms with Gasteiger partial charge in [-0.15, -0.1) is 6.58 Å². The van der Waals surface area contributed by atoms with Crippen LogP contribution in [-0.2, 0) is 28.6 Å². The molecule has 0 spiro atoms. The number of carbonyl (C=O) groups is 3. The zero-order valence-electron chi connectivity index (χ0n) is 21.4. The van der Waals surface area contributed by atoms with Gasteiger partial charge in [-0.25, -0.2) is 4.79 Å². The van der Waals surface area contributed by atoms with Gasteiger partial charge in [-0.1, -0.05) is 32.9 Å². The minimum atomic E-state index is -1.00. The summed E-state index contributed by atoms with van der Waals surface area (Å²) in [6.45, 7) is 19.0. The predicted octanol–water partition coefficient (Wildman–Crippen LogP) is 4.95. The van der Waals surface area contributed by atoms with Crippen LogP contribution in [0.3, 0.4) is 0 Å². The molecule has 6 heteroatoms. The molecule has 0 bridgehead atoms. The summed E-state index contributed by atoms with van der Waals surface area (Å²) in [5.41, 5.74) is -2.07. The molecule has 0 aromatic heterocycles. The average molecular weight is 461 g/mol. The van der Waals surface area contributed by atoms with E-state index in [2.05, 4.69) is 27.4 Å². The van der Waals surface area contributed by atoms with Crippen LogP contribution in [0.5, 0.6) is 0 Å². The number of carbonyl (C=O) groups excluding carboxylic acids is 3. The van der Waals surface area contributed by atoms with Crippen LogP contribution in [0.2, 0.25) is 0 Å². The molecule has 0 radical (unpaired) electrons. The Balaban J connectivity index is 2.13. The molecule has 1 aliphatic heterocycles. The number of rotatable bonds is 4. The zero-order chi connectivity index (χ0) is 25.0. The molecule has 0 N–H and O–H groups in total. The maximum atomic E-state index is 13.7. The van der Waals surface area contributed by atoms with E-state index in [-0.39, 0.29) is 36.0 Å². The Morgan fingerprint density at radius 1 is 1.06 bits per heavy atom. The van der Waals surface area contributed by atoms with Gasteiger partial charge in [0.1, 0.15) is 17.8 Å². The smallest absolute Gasteiger partial charge is 0.333 e. The van der Waals surface area contributed by atoms with Crippen LogP contribution in [0.1, 0.15) is 81.1 Å². The van der Waals surface area contributed by atoms with Gasteiger partial charge < -0.3 is 14.2 Å². The Hall–Kier alpha value is -1.95. The summed E-state index contributed by atoms with van der Waals surface area (Å²) >= 11 is 0. The fourth-order valence-electron chi connectivity index (χ4n) is 6.87. The van der Waals surface area contributed by atoms with E-state index >= 15 is 0 Å². The maximum Gasteiger partial charge on any atom is 0.333 e. The molecule has 3 rings (SSSR count). The standard InChI is InChI=1S/C27H40O6/c1-10-16(3)23(30)32-22-15-21(31-17(4)28)24(5,6)19-14-20(29)27(9)18(26(19,22)8)12-13-25(7,11-2)33-27/h10-11,18-19,21-22H,2,12-15H2,1,3-9H3/b16-10-/t18-,19+,21-,22+,25+,26-,27+/m0/s1. The summed E-state index contributed by atoms with van der Waals surface area (Å²) in [5, 5.41) is 0. The van der Waals surface area contributed by atoms with Gasteiger partial charge in [0.05, 0.1) is 5.60 Å². The third-order valence-corrected chi connectivity index (χ3v) is 9.08. The number of hydrogen-bond acceptors (Lipinski definition) is 6. The predicted molar refractivity (Wildman–Crippen MR) is 125 cm³/mol. The Morgan fingerprint density at radius 2 is 1.70 bits per heavy atom. The van der Waals surface area contributed by atoms with Crippen molar-refractivity contribution in [3.63, 3.8) is 0 Å². The van der Waals surface area contributed by atoms with Crippen molar-refractivity contribution >= 4 is 17.7 Å². The largest absolute Gasteiger partial charge is 0.462 e. The Morgan fingerprint density at radius 3 is 2.24 bits per heavy atom. The van der Waals surface area contributed by atoms with Crippen molar-refractivity contribution in [2.24, 2.45) is 22.7 Å². The molecule has 3 fully saturated rings. The highest BCUT2D eigenvalue weighted by Gasteiger charge is 2.70. The van der Waals surface area contributed by atoms with Gasteiger partial charge in [0.2, 0.25) is 0 Å². The molecule has 6 nitrogen and oxygen atoms in total. The highest BCUT2D eigenvalue weighted by molar-refractivity contribution is 5.90. The van der Waals surface area contributed by atoms with E-state index in [1.807, 2.05) is 13.8 Å². The van der Waals surface area contributed by atoms with Crippen LogP contribution in [0.4, 0.5) is 0 Å². The molecule has 33 heavy (non-hydrogen) atoms. The first-order valence-corrected chi connectivity index (χ1v) is 12.0. The molecule has 184 valence electrons. The SMILES string of the molecule is C=C[C@]1(C)CC[C@H]2[C@@]3(C)[C@H](CC(=O)[C@]2(C)O1)C(C)(C)[C@@H](OC(C)=O)C[C@H]3OC(=O)/C(C)=C\C. The summed E-state index contributed by atoms with van der Waals surface area (Å²) in [7, 11) is 0. The molecule has 3 aliphatic rings. The minimum Gasteiger partial charge on any atom is -0.462 e. The van der Waals surface area contributed by atoms with Crippen molar-refractivity contribution in [1.29, 1.82) is 0 Å². The molecule has 1 saturated heterocycles. The summed E-state index contributed by atoms with van der Waals surface area (Å²) < 4.78 is 18.4. The van der Waals surface area contributed by atoms with Crippen molar-refractivity contribution in [1.82, 2.24) is 0 Å². The second-order valence-electron chi connectivity index (χ2n) is 11.4. The normalized spacial score (nSPS) is 42.5. The van der Waals surface area contributed by atoms with Gasteiger partial charge in [0.15, 0.2) is 5.78 Å². The average Bonchev–Trinajstić information content (AvgIpc) is 2.72. The minimum absolute atomic E-state index is 0.0500. The first-order valence-electron chi connectivity index (χ1n) is 12.0. The van der Waals surface area contributed by atoms with Crippen LogP contribution < -0.4 is 0 Å². The van der Waals surface area contributed by atoms with Crippen molar-refractivity contribution in [3.05, 3.63) is 24.3 Å². The number of ketones is 1. The molecular weight excluding hydrogens is 420 g/mol.